The summed E-state index contributed by atoms with van der Waals surface area (Å²) in [6, 6.07) is 3.34. The third kappa shape index (κ3) is 3.25. The Bertz CT molecular complexity index is 284. The van der Waals surface area contributed by atoms with Crippen LogP contribution < -0.4 is 5.32 Å². The van der Waals surface area contributed by atoms with E-state index in [9.17, 15) is 5.11 Å². The Morgan fingerprint density at radius 1 is 1.62 bits per heavy atom. The Morgan fingerprint density at radius 3 is 3.15 bits per heavy atom. The van der Waals surface area contributed by atoms with Crippen LogP contribution >= 0.6 is 0 Å². The predicted octanol–water partition coefficient (Wildman–Crippen LogP) is 1.41. The van der Waals surface area contributed by atoms with Crippen LogP contribution in [0.1, 0.15) is 12.1 Å². The standard InChI is InChI=1S/C10H14N2O/c1-11-7-3-2-5-9-10(13)6-4-8-12-9/h2,4-6,8,11,13H,3,7H2,1H3. The third-order valence-corrected chi connectivity index (χ3v) is 1.65. The van der Waals surface area contributed by atoms with Crippen molar-refractivity contribution in [3.05, 3.63) is 30.1 Å². The largest absolute Gasteiger partial charge is 0.506 e. The summed E-state index contributed by atoms with van der Waals surface area (Å²) in [5.74, 6) is 0.225. The molecule has 0 saturated heterocycles. The highest BCUT2D eigenvalue weighted by Gasteiger charge is 1.93. The molecule has 13 heavy (non-hydrogen) atoms. The number of rotatable bonds is 4. The number of aromatic nitrogens is 1. The minimum atomic E-state index is 0.225. The quantitative estimate of drug-likeness (QED) is 0.685. The summed E-state index contributed by atoms with van der Waals surface area (Å²) in [6.07, 6.45) is 6.41. The van der Waals surface area contributed by atoms with Crippen molar-refractivity contribution in [1.82, 2.24) is 10.3 Å². The van der Waals surface area contributed by atoms with Gasteiger partial charge in [-0.1, -0.05) is 6.08 Å². The second-order valence-electron chi connectivity index (χ2n) is 2.70. The van der Waals surface area contributed by atoms with Crippen LogP contribution in [0.15, 0.2) is 24.4 Å². The maximum atomic E-state index is 9.34. The zero-order valence-electron chi connectivity index (χ0n) is 7.70. The molecule has 2 N–H and O–H groups in total. The van der Waals surface area contributed by atoms with Crippen molar-refractivity contribution in [2.24, 2.45) is 0 Å². The number of pyridine rings is 1. The molecule has 0 spiro atoms. The molecule has 3 nitrogen and oxygen atoms in total. The van der Waals surface area contributed by atoms with Crippen molar-refractivity contribution >= 4 is 6.08 Å². The lowest BCUT2D eigenvalue weighted by Crippen LogP contribution is -2.05. The van der Waals surface area contributed by atoms with Crippen LogP contribution in [0.5, 0.6) is 5.75 Å². The Morgan fingerprint density at radius 2 is 2.46 bits per heavy atom. The summed E-state index contributed by atoms with van der Waals surface area (Å²) in [6.45, 7) is 0.935. The maximum absolute atomic E-state index is 9.34. The zero-order valence-corrected chi connectivity index (χ0v) is 7.70. The van der Waals surface area contributed by atoms with E-state index < -0.39 is 0 Å². The normalized spacial score (nSPS) is 10.8. The van der Waals surface area contributed by atoms with Gasteiger partial charge < -0.3 is 10.4 Å². The molecule has 0 radical (unpaired) electrons. The molecule has 3 heteroatoms. The number of nitrogens with one attached hydrogen (secondary N) is 1. The van der Waals surface area contributed by atoms with Crippen molar-refractivity contribution in [2.45, 2.75) is 6.42 Å². The minimum Gasteiger partial charge on any atom is -0.506 e. The molecule has 0 saturated carbocycles. The Kier molecular flexibility index (Phi) is 3.99. The van der Waals surface area contributed by atoms with E-state index in [0.29, 0.717) is 5.69 Å². The Hall–Kier alpha value is -1.35. The lowest BCUT2D eigenvalue weighted by Gasteiger charge is -1.96. The average Bonchev–Trinajstić information content (AvgIpc) is 2.15. The van der Waals surface area contributed by atoms with Gasteiger partial charge in [-0.15, -0.1) is 0 Å². The van der Waals surface area contributed by atoms with Crippen molar-refractivity contribution in [1.29, 1.82) is 0 Å². The predicted molar refractivity (Wildman–Crippen MR) is 53.5 cm³/mol. The van der Waals surface area contributed by atoms with Crippen LogP contribution in [0.4, 0.5) is 0 Å². The van der Waals surface area contributed by atoms with E-state index in [0.717, 1.165) is 13.0 Å². The molecule has 0 aliphatic heterocycles. The van der Waals surface area contributed by atoms with Gasteiger partial charge in [0.2, 0.25) is 0 Å². The van der Waals surface area contributed by atoms with Crippen LogP contribution in [0.25, 0.3) is 6.08 Å². The summed E-state index contributed by atoms with van der Waals surface area (Å²) < 4.78 is 0. The zero-order chi connectivity index (χ0) is 9.52. The van der Waals surface area contributed by atoms with Gasteiger partial charge in [-0.3, -0.25) is 4.98 Å². The number of hydrogen-bond donors (Lipinski definition) is 2. The van der Waals surface area contributed by atoms with Crippen LogP contribution in [0.3, 0.4) is 0 Å². The van der Waals surface area contributed by atoms with Crippen molar-refractivity contribution in [3.63, 3.8) is 0 Å². The molecule has 0 atom stereocenters. The summed E-state index contributed by atoms with van der Waals surface area (Å²) in [5.41, 5.74) is 0.624. The van der Waals surface area contributed by atoms with Gasteiger partial charge in [-0.05, 0) is 38.2 Å². The summed E-state index contributed by atoms with van der Waals surface area (Å²) in [4.78, 5) is 4.02. The van der Waals surface area contributed by atoms with E-state index in [1.165, 1.54) is 0 Å². The fraction of sp³-hybridized carbons (Fsp3) is 0.300. The van der Waals surface area contributed by atoms with Crippen LogP contribution in [0, 0.1) is 0 Å². The SMILES string of the molecule is CNCCC=Cc1ncccc1O. The molecule has 0 amide bonds. The summed E-state index contributed by atoms with van der Waals surface area (Å²) >= 11 is 0. The number of nitrogens with zero attached hydrogens (tertiary/aromatic N) is 1. The molecular formula is C10H14N2O. The van der Waals surface area contributed by atoms with Gasteiger partial charge in [-0.25, -0.2) is 0 Å². The van der Waals surface area contributed by atoms with E-state index in [-0.39, 0.29) is 5.75 Å². The first-order valence-corrected chi connectivity index (χ1v) is 4.29. The topological polar surface area (TPSA) is 45.2 Å². The molecule has 1 aromatic heterocycles. The summed E-state index contributed by atoms with van der Waals surface area (Å²) in [5, 5.41) is 12.4. The van der Waals surface area contributed by atoms with Crippen molar-refractivity contribution < 1.29 is 5.11 Å². The molecule has 0 aliphatic carbocycles. The van der Waals surface area contributed by atoms with E-state index in [4.69, 9.17) is 0 Å². The summed E-state index contributed by atoms with van der Waals surface area (Å²) in [7, 11) is 1.91. The fourth-order valence-electron chi connectivity index (χ4n) is 0.960. The molecule has 1 aromatic rings. The van der Waals surface area contributed by atoms with Gasteiger partial charge in [-0.2, -0.15) is 0 Å². The second kappa shape index (κ2) is 5.32. The van der Waals surface area contributed by atoms with Crippen LogP contribution in [-0.2, 0) is 0 Å². The van der Waals surface area contributed by atoms with E-state index in [2.05, 4.69) is 10.3 Å². The highest BCUT2D eigenvalue weighted by molar-refractivity contribution is 5.51. The van der Waals surface area contributed by atoms with Gasteiger partial charge in [0.05, 0.1) is 0 Å². The van der Waals surface area contributed by atoms with Gasteiger partial charge in [0, 0.05) is 6.20 Å². The molecule has 1 rings (SSSR count). The lowest BCUT2D eigenvalue weighted by atomic mass is 10.3. The second-order valence-corrected chi connectivity index (χ2v) is 2.70. The van der Waals surface area contributed by atoms with E-state index in [1.54, 1.807) is 18.3 Å². The minimum absolute atomic E-state index is 0.225. The van der Waals surface area contributed by atoms with Gasteiger partial charge in [0.25, 0.3) is 0 Å². The molecule has 0 unspecified atom stereocenters. The first kappa shape index (κ1) is 9.74. The molecule has 0 bridgehead atoms. The van der Waals surface area contributed by atoms with E-state index >= 15 is 0 Å². The molecule has 0 fully saturated rings. The number of aromatic hydroxyl groups is 1. The smallest absolute Gasteiger partial charge is 0.141 e. The highest BCUT2D eigenvalue weighted by Crippen LogP contribution is 2.13. The molecule has 1 heterocycles. The lowest BCUT2D eigenvalue weighted by molar-refractivity contribution is 0.471. The van der Waals surface area contributed by atoms with E-state index in [1.807, 2.05) is 19.2 Å². The van der Waals surface area contributed by atoms with Gasteiger partial charge in [0.1, 0.15) is 11.4 Å². The van der Waals surface area contributed by atoms with Crippen molar-refractivity contribution in [2.75, 3.05) is 13.6 Å². The average molecular weight is 178 g/mol. The van der Waals surface area contributed by atoms with Gasteiger partial charge in [0.15, 0.2) is 0 Å². The Balaban J connectivity index is 2.53. The van der Waals surface area contributed by atoms with Crippen LogP contribution in [0.2, 0.25) is 0 Å². The monoisotopic (exact) mass is 178 g/mol. The molecule has 70 valence electrons. The third-order valence-electron chi connectivity index (χ3n) is 1.65. The van der Waals surface area contributed by atoms with Crippen molar-refractivity contribution in [3.8, 4) is 5.75 Å². The molecule has 0 aliphatic rings. The first-order chi connectivity index (χ1) is 6.34. The highest BCUT2D eigenvalue weighted by atomic mass is 16.3. The van der Waals surface area contributed by atoms with Crippen LogP contribution in [-0.4, -0.2) is 23.7 Å². The van der Waals surface area contributed by atoms with Gasteiger partial charge >= 0.3 is 0 Å². The molecule has 0 aromatic carbocycles. The number of hydrogen-bond acceptors (Lipinski definition) is 3. The Labute approximate surface area is 78.1 Å². The fourth-order valence-corrected chi connectivity index (χ4v) is 0.960. The molecular weight excluding hydrogens is 164 g/mol. The maximum Gasteiger partial charge on any atom is 0.141 e. The first-order valence-electron chi connectivity index (χ1n) is 4.29.